The van der Waals surface area contributed by atoms with E-state index in [4.69, 9.17) is 14.2 Å². The molecule has 140 valence electrons. The van der Waals surface area contributed by atoms with Gasteiger partial charge < -0.3 is 19.3 Å². The first kappa shape index (κ1) is 19.4. The number of carbonyl (C=O) groups excluding carboxylic acids is 1. The third kappa shape index (κ3) is 4.36. The second-order valence-electron chi connectivity index (χ2n) is 6.11. The highest BCUT2D eigenvalue weighted by atomic mass is 16.5. The molecule has 1 heterocycles. The van der Waals surface area contributed by atoms with Gasteiger partial charge in [0.2, 0.25) is 0 Å². The van der Waals surface area contributed by atoms with E-state index in [1.165, 1.54) is 14.2 Å². The molecule has 0 aliphatic rings. The van der Waals surface area contributed by atoms with Gasteiger partial charge in [0.1, 0.15) is 6.61 Å². The van der Waals surface area contributed by atoms with Gasteiger partial charge in [-0.2, -0.15) is 0 Å². The summed E-state index contributed by atoms with van der Waals surface area (Å²) in [5.41, 5.74) is 2.54. The number of esters is 1. The zero-order chi connectivity index (χ0) is 19.3. The molecule has 0 aliphatic carbocycles. The highest BCUT2D eigenvalue weighted by Crippen LogP contribution is 2.35. The van der Waals surface area contributed by atoms with Crippen molar-refractivity contribution in [2.24, 2.45) is 0 Å². The van der Waals surface area contributed by atoms with Gasteiger partial charge in [0.25, 0.3) is 5.56 Å². The van der Waals surface area contributed by atoms with Crippen LogP contribution in [0.1, 0.15) is 36.1 Å². The van der Waals surface area contributed by atoms with Crippen LogP contribution in [0.3, 0.4) is 0 Å². The van der Waals surface area contributed by atoms with E-state index in [9.17, 15) is 9.59 Å². The molecule has 0 aliphatic heterocycles. The van der Waals surface area contributed by atoms with Crippen molar-refractivity contribution in [1.82, 2.24) is 10.2 Å². The maximum atomic E-state index is 12.2. The van der Waals surface area contributed by atoms with Gasteiger partial charge in [-0.1, -0.05) is 12.6 Å². The van der Waals surface area contributed by atoms with Gasteiger partial charge >= 0.3 is 5.97 Å². The lowest BCUT2D eigenvalue weighted by molar-refractivity contribution is -0.140. The Hall–Kier alpha value is -2.96. The Balaban J connectivity index is 2.46. The van der Waals surface area contributed by atoms with E-state index in [2.05, 4.69) is 16.8 Å². The molecule has 0 amide bonds. The smallest absolute Gasteiger partial charge is 0.306 e. The fraction of sp³-hybridized carbons (Fsp3) is 0.368. The lowest BCUT2D eigenvalue weighted by atomic mass is 9.88. The molecule has 26 heavy (non-hydrogen) atoms. The van der Waals surface area contributed by atoms with Crippen molar-refractivity contribution in [3.05, 3.63) is 57.5 Å². The molecule has 2 rings (SSSR count). The standard InChI is InChI=1S/C19H24N2O5/c1-11(2)10-26-15-7-6-13(8-16(15)24-4)14(9-17(22)25-5)18-12(3)20-21-19(18)23/h6-8,14H,1,9-10H2,2-5H3,(H2,20,21,23)/t14-/m1/s1. The van der Waals surface area contributed by atoms with Crippen molar-refractivity contribution < 1.29 is 19.0 Å². The van der Waals surface area contributed by atoms with Crippen LogP contribution in [-0.2, 0) is 9.53 Å². The molecule has 7 heteroatoms. The molecule has 0 radical (unpaired) electrons. The summed E-state index contributed by atoms with van der Waals surface area (Å²) in [4.78, 5) is 24.1. The van der Waals surface area contributed by atoms with Gasteiger partial charge in [-0.15, -0.1) is 0 Å². The first-order chi connectivity index (χ1) is 12.4. The Morgan fingerprint density at radius 3 is 2.50 bits per heavy atom. The number of rotatable bonds is 8. The molecular formula is C19H24N2O5. The van der Waals surface area contributed by atoms with Crippen LogP contribution in [0.5, 0.6) is 11.5 Å². The van der Waals surface area contributed by atoms with Crippen LogP contribution in [0.15, 0.2) is 35.1 Å². The van der Waals surface area contributed by atoms with Crippen molar-refractivity contribution in [1.29, 1.82) is 0 Å². The number of hydrogen-bond acceptors (Lipinski definition) is 5. The molecule has 1 aromatic carbocycles. The van der Waals surface area contributed by atoms with Crippen molar-refractivity contribution in [2.75, 3.05) is 20.8 Å². The monoisotopic (exact) mass is 360 g/mol. The number of aromatic nitrogens is 2. The molecule has 2 N–H and O–H groups in total. The summed E-state index contributed by atoms with van der Waals surface area (Å²) >= 11 is 0. The summed E-state index contributed by atoms with van der Waals surface area (Å²) in [6.45, 7) is 7.83. The summed E-state index contributed by atoms with van der Waals surface area (Å²) in [5.74, 6) is 0.206. The lowest BCUT2D eigenvalue weighted by Gasteiger charge is -2.18. The van der Waals surface area contributed by atoms with Crippen molar-refractivity contribution in [3.63, 3.8) is 0 Å². The molecule has 0 spiro atoms. The molecule has 0 bridgehead atoms. The molecule has 1 atom stereocenters. The minimum atomic E-state index is -0.471. The third-order valence-electron chi connectivity index (χ3n) is 4.02. The normalized spacial score (nSPS) is 11.7. The number of aryl methyl sites for hydroxylation is 1. The summed E-state index contributed by atoms with van der Waals surface area (Å²) < 4.78 is 15.9. The van der Waals surface area contributed by atoms with Gasteiger partial charge in [0.05, 0.1) is 20.6 Å². The summed E-state index contributed by atoms with van der Waals surface area (Å²) in [6.07, 6.45) is 0.0351. The molecule has 7 nitrogen and oxygen atoms in total. The number of hydrogen-bond donors (Lipinski definition) is 2. The molecule has 0 fully saturated rings. The van der Waals surface area contributed by atoms with E-state index in [0.29, 0.717) is 29.4 Å². The molecular weight excluding hydrogens is 336 g/mol. The quantitative estimate of drug-likeness (QED) is 0.558. The van der Waals surface area contributed by atoms with E-state index >= 15 is 0 Å². The molecule has 0 saturated heterocycles. The maximum Gasteiger partial charge on any atom is 0.306 e. The maximum absolute atomic E-state index is 12.2. The minimum absolute atomic E-state index is 0.0351. The van der Waals surface area contributed by atoms with Gasteiger partial charge in [-0.25, -0.2) is 0 Å². The van der Waals surface area contributed by atoms with Crippen LogP contribution >= 0.6 is 0 Å². The van der Waals surface area contributed by atoms with Gasteiger partial charge in [0.15, 0.2) is 11.5 Å². The Bertz CT molecular complexity index is 850. The topological polar surface area (TPSA) is 93.4 Å². The Morgan fingerprint density at radius 1 is 1.23 bits per heavy atom. The second-order valence-corrected chi connectivity index (χ2v) is 6.11. The summed E-state index contributed by atoms with van der Waals surface area (Å²) in [7, 11) is 2.86. The molecule has 0 saturated carbocycles. The molecule has 1 aromatic heterocycles. The number of carbonyl (C=O) groups is 1. The van der Waals surface area contributed by atoms with Crippen LogP contribution in [0, 0.1) is 6.92 Å². The third-order valence-corrected chi connectivity index (χ3v) is 4.02. The molecule has 0 unspecified atom stereocenters. The van der Waals surface area contributed by atoms with Crippen LogP contribution in [0.2, 0.25) is 0 Å². The van der Waals surface area contributed by atoms with Crippen molar-refractivity contribution >= 4 is 5.97 Å². The van der Waals surface area contributed by atoms with E-state index in [1.54, 1.807) is 19.1 Å². The Labute approximate surface area is 152 Å². The lowest BCUT2D eigenvalue weighted by Crippen LogP contribution is -2.17. The number of benzene rings is 1. The fourth-order valence-corrected chi connectivity index (χ4v) is 2.73. The highest BCUT2D eigenvalue weighted by molar-refractivity contribution is 5.71. The number of nitrogens with one attached hydrogen (secondary N) is 2. The van der Waals surface area contributed by atoms with Crippen molar-refractivity contribution in [3.8, 4) is 11.5 Å². The SMILES string of the molecule is C=C(C)COc1ccc([C@@H](CC(=O)OC)c2c(C)[nH][nH]c2=O)cc1OC. The first-order valence-electron chi connectivity index (χ1n) is 8.16. The zero-order valence-electron chi connectivity index (χ0n) is 15.5. The largest absolute Gasteiger partial charge is 0.493 e. The Morgan fingerprint density at radius 2 is 1.96 bits per heavy atom. The van der Waals surface area contributed by atoms with Crippen LogP contribution in [0.25, 0.3) is 0 Å². The summed E-state index contributed by atoms with van der Waals surface area (Å²) in [5, 5.41) is 5.35. The second kappa shape index (κ2) is 8.42. The van der Waals surface area contributed by atoms with Crippen LogP contribution in [-0.4, -0.2) is 37.0 Å². The Kier molecular flexibility index (Phi) is 6.27. The van der Waals surface area contributed by atoms with Gasteiger partial charge in [0, 0.05) is 17.2 Å². The zero-order valence-corrected chi connectivity index (χ0v) is 15.5. The van der Waals surface area contributed by atoms with E-state index in [-0.39, 0.29) is 12.0 Å². The average molecular weight is 360 g/mol. The first-order valence-corrected chi connectivity index (χ1v) is 8.16. The number of aromatic amines is 2. The van der Waals surface area contributed by atoms with E-state index in [0.717, 1.165) is 11.1 Å². The average Bonchev–Trinajstić information content (AvgIpc) is 2.96. The van der Waals surface area contributed by atoms with Crippen LogP contribution in [0.4, 0.5) is 0 Å². The fourth-order valence-electron chi connectivity index (χ4n) is 2.73. The van der Waals surface area contributed by atoms with E-state index < -0.39 is 11.9 Å². The van der Waals surface area contributed by atoms with Crippen LogP contribution < -0.4 is 15.0 Å². The number of H-pyrrole nitrogens is 2. The van der Waals surface area contributed by atoms with E-state index in [1.807, 2.05) is 13.0 Å². The molecule has 2 aromatic rings. The summed E-state index contributed by atoms with van der Waals surface area (Å²) in [6, 6.07) is 5.35. The number of methoxy groups -OCH3 is 2. The van der Waals surface area contributed by atoms with Gasteiger partial charge in [-0.05, 0) is 37.1 Å². The number of ether oxygens (including phenoxy) is 3. The highest BCUT2D eigenvalue weighted by Gasteiger charge is 2.25. The predicted molar refractivity (Wildman–Crippen MR) is 97.9 cm³/mol. The van der Waals surface area contributed by atoms with Gasteiger partial charge in [-0.3, -0.25) is 14.7 Å². The van der Waals surface area contributed by atoms with Crippen molar-refractivity contribution in [2.45, 2.75) is 26.2 Å². The minimum Gasteiger partial charge on any atom is -0.493 e. The predicted octanol–water partition coefficient (Wildman–Crippen LogP) is 2.67.